The highest BCUT2D eigenvalue weighted by Crippen LogP contribution is 2.34. The molecule has 0 fully saturated rings. The van der Waals surface area contributed by atoms with E-state index >= 15 is 0 Å². The Hall–Kier alpha value is -1.91. The van der Waals surface area contributed by atoms with Gasteiger partial charge in [0.1, 0.15) is 10.8 Å². The molecule has 1 unspecified atom stereocenters. The van der Waals surface area contributed by atoms with Gasteiger partial charge in [0.05, 0.1) is 22.4 Å². The lowest BCUT2D eigenvalue weighted by atomic mass is 9.94. The van der Waals surface area contributed by atoms with Gasteiger partial charge in [0.2, 0.25) is 0 Å². The van der Waals surface area contributed by atoms with Gasteiger partial charge in [-0.1, -0.05) is 30.3 Å². The Labute approximate surface area is 128 Å². The topological polar surface area (TPSA) is 48.1 Å². The summed E-state index contributed by atoms with van der Waals surface area (Å²) >= 11 is 1.62. The molecule has 0 radical (unpaired) electrons. The summed E-state index contributed by atoms with van der Waals surface area (Å²) in [6.07, 6.45) is 0. The molecule has 3 nitrogen and oxygen atoms in total. The summed E-state index contributed by atoms with van der Waals surface area (Å²) in [5, 5.41) is 0.914. The minimum atomic E-state index is -0.587. The van der Waals surface area contributed by atoms with E-state index in [0.29, 0.717) is 6.61 Å². The Bertz CT molecular complexity index is 750. The van der Waals surface area contributed by atoms with Gasteiger partial charge in [-0.3, -0.25) is 0 Å². The van der Waals surface area contributed by atoms with E-state index in [1.54, 1.807) is 11.3 Å². The van der Waals surface area contributed by atoms with E-state index in [0.717, 1.165) is 26.5 Å². The molecule has 0 spiro atoms. The molecule has 0 aliphatic rings. The van der Waals surface area contributed by atoms with Crippen LogP contribution >= 0.6 is 11.3 Å². The van der Waals surface area contributed by atoms with Crippen molar-refractivity contribution in [1.82, 2.24) is 4.98 Å². The zero-order valence-corrected chi connectivity index (χ0v) is 13.0. The zero-order chi connectivity index (χ0) is 14.9. The number of thiazole rings is 1. The second-order valence-corrected chi connectivity index (χ2v) is 6.18. The summed E-state index contributed by atoms with van der Waals surface area (Å²) in [6.45, 7) is 4.65. The fraction of sp³-hybridized carbons (Fsp3) is 0.235. The Morgan fingerprint density at radius 2 is 1.95 bits per heavy atom. The molecule has 0 aliphatic carbocycles. The number of aromatic nitrogens is 1. The van der Waals surface area contributed by atoms with Gasteiger partial charge in [0.25, 0.3) is 0 Å². The van der Waals surface area contributed by atoms with Crippen LogP contribution in [0.4, 0.5) is 0 Å². The van der Waals surface area contributed by atoms with Gasteiger partial charge in [-0.25, -0.2) is 4.98 Å². The maximum atomic E-state index is 6.54. The van der Waals surface area contributed by atoms with Crippen molar-refractivity contribution in [1.29, 1.82) is 0 Å². The molecule has 2 aromatic carbocycles. The van der Waals surface area contributed by atoms with Crippen molar-refractivity contribution < 1.29 is 4.74 Å². The van der Waals surface area contributed by atoms with Crippen LogP contribution < -0.4 is 10.5 Å². The van der Waals surface area contributed by atoms with Crippen LogP contribution in [0.25, 0.3) is 10.2 Å². The van der Waals surface area contributed by atoms with E-state index in [1.807, 2.05) is 62.4 Å². The number of benzene rings is 2. The molecule has 0 amide bonds. The first-order valence-electron chi connectivity index (χ1n) is 6.99. The van der Waals surface area contributed by atoms with Gasteiger partial charge < -0.3 is 10.5 Å². The lowest BCUT2D eigenvalue weighted by Gasteiger charge is -2.22. The molecule has 108 valence electrons. The second kappa shape index (κ2) is 5.47. The summed E-state index contributed by atoms with van der Waals surface area (Å²) in [5.74, 6) is 0.874. The fourth-order valence-corrected chi connectivity index (χ4v) is 3.37. The van der Waals surface area contributed by atoms with Gasteiger partial charge in [0, 0.05) is 0 Å². The molecule has 1 atom stereocenters. The number of fused-ring (bicyclic) bond motifs is 1. The van der Waals surface area contributed by atoms with Gasteiger partial charge in [-0.05, 0) is 37.6 Å². The number of nitrogens with zero attached hydrogens (tertiary/aromatic N) is 1. The van der Waals surface area contributed by atoms with E-state index < -0.39 is 5.54 Å². The molecule has 4 heteroatoms. The number of hydrogen-bond donors (Lipinski definition) is 1. The van der Waals surface area contributed by atoms with Crippen molar-refractivity contribution in [2.75, 3.05) is 6.61 Å². The molecular formula is C17H18N2OS. The van der Waals surface area contributed by atoms with E-state index in [-0.39, 0.29) is 0 Å². The van der Waals surface area contributed by atoms with E-state index in [4.69, 9.17) is 15.5 Å². The smallest absolute Gasteiger partial charge is 0.120 e. The summed E-state index contributed by atoms with van der Waals surface area (Å²) in [6, 6.07) is 16.0. The molecule has 0 saturated carbocycles. The molecule has 0 bridgehead atoms. The predicted molar refractivity (Wildman–Crippen MR) is 87.9 cm³/mol. The predicted octanol–water partition coefficient (Wildman–Crippen LogP) is 3.92. The van der Waals surface area contributed by atoms with E-state index in [1.165, 1.54) is 0 Å². The third-order valence-corrected chi connectivity index (χ3v) is 4.74. The van der Waals surface area contributed by atoms with Gasteiger partial charge in [-0.2, -0.15) is 0 Å². The van der Waals surface area contributed by atoms with Gasteiger partial charge in [0.15, 0.2) is 0 Å². The van der Waals surface area contributed by atoms with Crippen molar-refractivity contribution in [3.8, 4) is 5.75 Å². The Morgan fingerprint density at radius 1 is 1.19 bits per heavy atom. The van der Waals surface area contributed by atoms with Crippen LogP contribution in [0.5, 0.6) is 5.75 Å². The Balaban J connectivity index is 2.04. The monoisotopic (exact) mass is 298 g/mol. The van der Waals surface area contributed by atoms with E-state index in [9.17, 15) is 0 Å². The van der Waals surface area contributed by atoms with Crippen LogP contribution in [0.2, 0.25) is 0 Å². The van der Waals surface area contributed by atoms with Crippen LogP contribution in [-0.2, 0) is 5.54 Å². The zero-order valence-electron chi connectivity index (χ0n) is 12.2. The number of rotatable bonds is 4. The minimum absolute atomic E-state index is 0.587. The first-order valence-corrected chi connectivity index (χ1v) is 7.81. The van der Waals surface area contributed by atoms with Crippen molar-refractivity contribution >= 4 is 21.6 Å². The fourth-order valence-electron chi connectivity index (χ4n) is 2.29. The molecule has 3 aromatic rings. The first kappa shape index (κ1) is 14.0. The lowest BCUT2D eigenvalue weighted by Crippen LogP contribution is -2.34. The largest absolute Gasteiger partial charge is 0.494 e. The molecule has 1 aromatic heterocycles. The van der Waals surface area contributed by atoms with Crippen LogP contribution in [0.1, 0.15) is 24.4 Å². The third kappa shape index (κ3) is 2.64. The summed E-state index contributed by atoms with van der Waals surface area (Å²) in [4.78, 5) is 4.70. The highest BCUT2D eigenvalue weighted by Gasteiger charge is 2.27. The normalized spacial score (nSPS) is 14.0. The number of nitrogens with two attached hydrogens (primary N) is 1. The minimum Gasteiger partial charge on any atom is -0.494 e. The van der Waals surface area contributed by atoms with Crippen molar-refractivity contribution in [2.45, 2.75) is 19.4 Å². The van der Waals surface area contributed by atoms with Crippen LogP contribution in [0.3, 0.4) is 0 Å². The SMILES string of the molecule is CCOc1ccc2nc(C(C)(N)c3ccccc3)sc2c1. The third-order valence-electron chi connectivity index (χ3n) is 3.49. The summed E-state index contributed by atoms with van der Waals surface area (Å²) < 4.78 is 6.64. The van der Waals surface area contributed by atoms with Gasteiger partial charge in [-0.15, -0.1) is 11.3 Å². The number of ether oxygens (including phenoxy) is 1. The first-order chi connectivity index (χ1) is 10.1. The molecule has 3 rings (SSSR count). The molecule has 0 saturated heterocycles. The second-order valence-electron chi connectivity index (χ2n) is 5.15. The summed E-state index contributed by atoms with van der Waals surface area (Å²) in [5.41, 5.74) is 7.98. The maximum Gasteiger partial charge on any atom is 0.120 e. The average Bonchev–Trinajstić information content (AvgIpc) is 2.92. The molecule has 0 aliphatic heterocycles. The van der Waals surface area contributed by atoms with Crippen molar-refractivity contribution in [3.63, 3.8) is 0 Å². The highest BCUT2D eigenvalue weighted by atomic mass is 32.1. The lowest BCUT2D eigenvalue weighted by molar-refractivity contribution is 0.341. The van der Waals surface area contributed by atoms with Crippen molar-refractivity contribution in [3.05, 3.63) is 59.1 Å². The standard InChI is InChI=1S/C17H18N2OS/c1-3-20-13-9-10-14-15(11-13)21-16(19-14)17(2,18)12-7-5-4-6-8-12/h4-11H,3,18H2,1-2H3. The van der Waals surface area contributed by atoms with Crippen LogP contribution in [0.15, 0.2) is 48.5 Å². The quantitative estimate of drug-likeness (QED) is 0.794. The van der Waals surface area contributed by atoms with E-state index in [2.05, 4.69) is 0 Å². The van der Waals surface area contributed by atoms with Gasteiger partial charge >= 0.3 is 0 Å². The van der Waals surface area contributed by atoms with Crippen LogP contribution in [0, 0.1) is 0 Å². The van der Waals surface area contributed by atoms with Crippen molar-refractivity contribution in [2.24, 2.45) is 5.73 Å². The highest BCUT2D eigenvalue weighted by molar-refractivity contribution is 7.18. The maximum absolute atomic E-state index is 6.54. The molecule has 1 heterocycles. The molecular weight excluding hydrogens is 280 g/mol. The Kier molecular flexibility index (Phi) is 3.66. The molecule has 2 N–H and O–H groups in total. The average molecular weight is 298 g/mol. The molecule has 21 heavy (non-hydrogen) atoms. The van der Waals surface area contributed by atoms with Crippen LogP contribution in [-0.4, -0.2) is 11.6 Å². The number of hydrogen-bond acceptors (Lipinski definition) is 4. The Morgan fingerprint density at radius 3 is 2.67 bits per heavy atom. The summed E-state index contributed by atoms with van der Waals surface area (Å²) in [7, 11) is 0.